The summed E-state index contributed by atoms with van der Waals surface area (Å²) in [6.07, 6.45) is 0. The summed E-state index contributed by atoms with van der Waals surface area (Å²) in [5.74, 6) is -0.756. The van der Waals surface area contributed by atoms with E-state index < -0.39 is 15.7 Å². The number of carbonyl (C=O) groups excluding carboxylic acids is 1. The summed E-state index contributed by atoms with van der Waals surface area (Å²) in [6.45, 7) is -0.0307. The van der Waals surface area contributed by atoms with E-state index in [0.29, 0.717) is 10.9 Å². The van der Waals surface area contributed by atoms with Gasteiger partial charge in [0.05, 0.1) is 22.6 Å². The SMILES string of the molecule is O=C(CN(C1=NC2CS(=O)(=O)CC2S1)c1ccccc1)Nc1ccc(F)c(Cl)c1. The van der Waals surface area contributed by atoms with Crippen molar-refractivity contribution in [2.75, 3.05) is 28.3 Å². The molecule has 29 heavy (non-hydrogen) atoms. The number of carbonyl (C=O) groups is 1. The zero-order valence-electron chi connectivity index (χ0n) is 15.1. The average Bonchev–Trinajstić information content (AvgIpc) is 3.17. The summed E-state index contributed by atoms with van der Waals surface area (Å²) < 4.78 is 37.0. The van der Waals surface area contributed by atoms with E-state index in [2.05, 4.69) is 10.3 Å². The summed E-state index contributed by atoms with van der Waals surface area (Å²) in [4.78, 5) is 19.0. The Kier molecular flexibility index (Phi) is 5.54. The minimum atomic E-state index is -3.06. The number of halogens is 2. The van der Waals surface area contributed by atoms with Gasteiger partial charge in [0.2, 0.25) is 5.91 Å². The number of rotatable bonds is 4. The Morgan fingerprint density at radius 2 is 2.00 bits per heavy atom. The molecule has 1 N–H and O–H groups in total. The molecule has 1 fully saturated rings. The summed E-state index contributed by atoms with van der Waals surface area (Å²) in [5, 5.41) is 3.12. The first kappa shape index (κ1) is 20.2. The van der Waals surface area contributed by atoms with Crippen LogP contribution in [0.2, 0.25) is 5.02 Å². The highest BCUT2D eigenvalue weighted by atomic mass is 35.5. The molecule has 0 radical (unpaired) electrons. The van der Waals surface area contributed by atoms with Crippen molar-refractivity contribution in [1.29, 1.82) is 0 Å². The number of aliphatic imine (C=N–C) groups is 1. The number of anilines is 2. The Morgan fingerprint density at radius 1 is 1.24 bits per heavy atom. The van der Waals surface area contributed by atoms with Crippen LogP contribution in [0.1, 0.15) is 0 Å². The molecule has 2 aromatic rings. The fraction of sp³-hybridized carbons (Fsp3) is 0.263. The minimum absolute atomic E-state index is 0.0307. The van der Waals surface area contributed by atoms with Crippen LogP contribution in [-0.4, -0.2) is 48.8 Å². The van der Waals surface area contributed by atoms with E-state index in [1.165, 1.54) is 30.0 Å². The van der Waals surface area contributed by atoms with Crippen LogP contribution in [0.15, 0.2) is 53.5 Å². The first-order valence-corrected chi connectivity index (χ1v) is 11.9. The van der Waals surface area contributed by atoms with Gasteiger partial charge in [0.1, 0.15) is 12.4 Å². The number of nitrogens with zero attached hydrogens (tertiary/aromatic N) is 2. The first-order valence-electron chi connectivity index (χ1n) is 8.83. The van der Waals surface area contributed by atoms with Gasteiger partial charge in [-0.15, -0.1) is 0 Å². The second-order valence-corrected chi connectivity index (χ2v) is 10.6. The molecule has 152 valence electrons. The molecule has 0 saturated carbocycles. The van der Waals surface area contributed by atoms with Crippen LogP contribution < -0.4 is 10.2 Å². The molecule has 1 amide bonds. The Balaban J connectivity index is 1.54. The van der Waals surface area contributed by atoms with E-state index in [1.54, 1.807) is 4.90 Å². The quantitative estimate of drug-likeness (QED) is 0.769. The Bertz CT molecular complexity index is 1080. The molecular formula is C19H17ClFN3O3S2. The van der Waals surface area contributed by atoms with E-state index in [9.17, 15) is 17.6 Å². The topological polar surface area (TPSA) is 78.8 Å². The van der Waals surface area contributed by atoms with Gasteiger partial charge in [-0.3, -0.25) is 9.79 Å². The van der Waals surface area contributed by atoms with Crippen molar-refractivity contribution >= 4 is 55.6 Å². The van der Waals surface area contributed by atoms with Crippen molar-refractivity contribution in [3.63, 3.8) is 0 Å². The Morgan fingerprint density at radius 3 is 2.69 bits per heavy atom. The summed E-state index contributed by atoms with van der Waals surface area (Å²) in [6, 6.07) is 13.0. The van der Waals surface area contributed by atoms with Crippen molar-refractivity contribution in [1.82, 2.24) is 0 Å². The van der Waals surface area contributed by atoms with Crippen molar-refractivity contribution in [2.45, 2.75) is 11.3 Å². The molecule has 0 aromatic heterocycles. The molecule has 6 nitrogen and oxygen atoms in total. The Labute approximate surface area is 177 Å². The number of thioether (sulfide) groups is 1. The van der Waals surface area contributed by atoms with Crippen LogP contribution in [-0.2, 0) is 14.6 Å². The highest BCUT2D eigenvalue weighted by molar-refractivity contribution is 8.15. The number of hydrogen-bond donors (Lipinski definition) is 1. The number of amidine groups is 1. The van der Waals surface area contributed by atoms with Gasteiger partial charge in [-0.2, -0.15) is 0 Å². The fourth-order valence-corrected chi connectivity index (χ4v) is 7.23. The van der Waals surface area contributed by atoms with Gasteiger partial charge in [0.25, 0.3) is 0 Å². The van der Waals surface area contributed by atoms with Gasteiger partial charge in [0.15, 0.2) is 15.0 Å². The number of sulfone groups is 1. The third-order valence-corrected chi connectivity index (χ3v) is 8.15. The van der Waals surface area contributed by atoms with Gasteiger partial charge in [0, 0.05) is 16.6 Å². The molecule has 1 saturated heterocycles. The zero-order valence-corrected chi connectivity index (χ0v) is 17.5. The molecule has 2 unspecified atom stereocenters. The number of fused-ring (bicyclic) bond motifs is 1. The lowest BCUT2D eigenvalue weighted by Crippen LogP contribution is -2.36. The van der Waals surface area contributed by atoms with Crippen LogP contribution in [0.3, 0.4) is 0 Å². The number of benzene rings is 2. The Hall–Kier alpha value is -2.10. The van der Waals surface area contributed by atoms with E-state index in [1.807, 2.05) is 30.3 Å². The van der Waals surface area contributed by atoms with Crippen LogP contribution >= 0.6 is 23.4 Å². The standard InChI is InChI=1S/C19H17ClFN3O3S2/c20-14-8-12(6-7-15(14)21)22-18(25)9-24(13-4-2-1-3-5-13)19-23-16-10-29(26,27)11-17(16)28-19/h1-8,16-17H,9-11H2,(H,22,25). The molecular weight excluding hydrogens is 437 g/mol. The number of amides is 1. The number of nitrogens with one attached hydrogen (secondary N) is 1. The maximum Gasteiger partial charge on any atom is 0.244 e. The predicted molar refractivity (Wildman–Crippen MR) is 115 cm³/mol. The van der Waals surface area contributed by atoms with E-state index in [-0.39, 0.29) is 40.3 Å². The molecule has 2 aromatic carbocycles. The molecule has 10 heteroatoms. The maximum atomic E-state index is 13.3. The van der Waals surface area contributed by atoms with Crippen molar-refractivity contribution in [3.05, 3.63) is 59.4 Å². The minimum Gasteiger partial charge on any atom is -0.324 e. The van der Waals surface area contributed by atoms with Crippen LogP contribution in [0, 0.1) is 5.82 Å². The lowest BCUT2D eigenvalue weighted by molar-refractivity contribution is -0.114. The van der Waals surface area contributed by atoms with E-state index >= 15 is 0 Å². The van der Waals surface area contributed by atoms with Crippen LogP contribution in [0.4, 0.5) is 15.8 Å². The average molecular weight is 454 g/mol. The van der Waals surface area contributed by atoms with E-state index in [0.717, 1.165) is 5.69 Å². The predicted octanol–water partition coefficient (Wildman–Crippen LogP) is 3.19. The third-order valence-electron chi connectivity index (χ3n) is 4.61. The number of para-hydroxylation sites is 1. The van der Waals surface area contributed by atoms with Gasteiger partial charge in [-0.25, -0.2) is 12.8 Å². The largest absolute Gasteiger partial charge is 0.324 e. The lowest BCUT2D eigenvalue weighted by atomic mass is 10.2. The third kappa shape index (κ3) is 4.57. The van der Waals surface area contributed by atoms with E-state index in [4.69, 9.17) is 11.6 Å². The van der Waals surface area contributed by atoms with Crippen molar-refractivity contribution in [2.24, 2.45) is 4.99 Å². The molecule has 4 rings (SSSR count). The highest BCUT2D eigenvalue weighted by Gasteiger charge is 2.44. The molecule has 2 atom stereocenters. The van der Waals surface area contributed by atoms with Gasteiger partial charge in [-0.05, 0) is 30.3 Å². The van der Waals surface area contributed by atoms with Crippen LogP contribution in [0.5, 0.6) is 0 Å². The normalized spacial score (nSPS) is 22.1. The van der Waals surface area contributed by atoms with Gasteiger partial charge < -0.3 is 10.2 Å². The molecule has 2 aliphatic rings. The number of hydrogen-bond acceptors (Lipinski definition) is 6. The lowest BCUT2D eigenvalue weighted by Gasteiger charge is -2.24. The summed E-state index contributed by atoms with van der Waals surface area (Å²) in [5.41, 5.74) is 1.16. The summed E-state index contributed by atoms with van der Waals surface area (Å²) in [7, 11) is -3.06. The van der Waals surface area contributed by atoms with Gasteiger partial charge >= 0.3 is 0 Å². The molecule has 2 heterocycles. The molecule has 0 bridgehead atoms. The second-order valence-electron chi connectivity index (χ2n) is 6.81. The van der Waals surface area contributed by atoms with Crippen LogP contribution in [0.25, 0.3) is 0 Å². The first-order chi connectivity index (χ1) is 13.8. The van der Waals surface area contributed by atoms with Crippen molar-refractivity contribution in [3.8, 4) is 0 Å². The molecule has 0 spiro atoms. The van der Waals surface area contributed by atoms with Crippen molar-refractivity contribution < 1.29 is 17.6 Å². The monoisotopic (exact) mass is 453 g/mol. The molecule has 0 aliphatic carbocycles. The maximum absolute atomic E-state index is 13.3. The molecule has 2 aliphatic heterocycles. The smallest absolute Gasteiger partial charge is 0.244 e. The summed E-state index contributed by atoms with van der Waals surface area (Å²) >= 11 is 7.16. The second kappa shape index (κ2) is 7.97. The fourth-order valence-electron chi connectivity index (χ4n) is 3.27. The van der Waals surface area contributed by atoms with Gasteiger partial charge in [-0.1, -0.05) is 41.6 Å². The zero-order chi connectivity index (χ0) is 20.6. The highest BCUT2D eigenvalue weighted by Crippen LogP contribution is 2.36.